The van der Waals surface area contributed by atoms with Crippen LogP contribution in [0.1, 0.15) is 35.6 Å². The third-order valence-corrected chi connectivity index (χ3v) is 6.10. The first-order valence-corrected chi connectivity index (χ1v) is 10.9. The first kappa shape index (κ1) is 20.0. The molecule has 0 aromatic heterocycles. The average molecular weight is 417 g/mol. The normalized spacial score (nSPS) is 12.2. The van der Waals surface area contributed by atoms with E-state index in [1.54, 1.807) is 0 Å². The fraction of sp³-hybridized carbons (Fsp3) is 0.100. The maximum atomic E-state index is 13.4. The van der Waals surface area contributed by atoms with E-state index in [9.17, 15) is 4.79 Å². The topological polar surface area (TPSA) is 26.3 Å². The van der Waals surface area contributed by atoms with Crippen molar-refractivity contribution in [3.8, 4) is 0 Å². The van der Waals surface area contributed by atoms with Crippen molar-refractivity contribution in [1.82, 2.24) is 0 Å². The van der Waals surface area contributed by atoms with Crippen molar-refractivity contribution in [1.29, 1.82) is 0 Å². The summed E-state index contributed by atoms with van der Waals surface area (Å²) in [6.07, 6.45) is -0.508. The molecular formula is C30H24O2. The van der Waals surface area contributed by atoms with Gasteiger partial charge in [-0.15, -0.1) is 0 Å². The van der Waals surface area contributed by atoms with Crippen LogP contribution in [0.2, 0.25) is 0 Å². The van der Waals surface area contributed by atoms with Crippen molar-refractivity contribution in [3.63, 3.8) is 0 Å². The van der Waals surface area contributed by atoms with Gasteiger partial charge in [0, 0.05) is 11.1 Å². The Hall–Kier alpha value is -3.91. The Labute approximate surface area is 188 Å². The van der Waals surface area contributed by atoms with Gasteiger partial charge in [0.2, 0.25) is 0 Å². The van der Waals surface area contributed by atoms with Crippen LogP contribution in [0.5, 0.6) is 0 Å². The molecule has 0 saturated carbocycles. The van der Waals surface area contributed by atoms with Crippen LogP contribution in [0.4, 0.5) is 0 Å². The Morgan fingerprint density at radius 1 is 0.594 bits per heavy atom. The van der Waals surface area contributed by atoms with Crippen molar-refractivity contribution in [2.75, 3.05) is 0 Å². The molecular weight excluding hydrogens is 392 g/mol. The number of fused-ring (bicyclic) bond motifs is 2. The third kappa shape index (κ3) is 3.76. The number of carbonyl (C=O) groups is 1. The van der Waals surface area contributed by atoms with Gasteiger partial charge in [0.15, 0.2) is 6.10 Å². The van der Waals surface area contributed by atoms with Gasteiger partial charge < -0.3 is 4.74 Å². The van der Waals surface area contributed by atoms with Crippen LogP contribution in [-0.2, 0) is 9.53 Å². The van der Waals surface area contributed by atoms with E-state index in [4.69, 9.17) is 4.74 Å². The zero-order valence-corrected chi connectivity index (χ0v) is 17.9. The first-order chi connectivity index (χ1) is 15.7. The lowest BCUT2D eigenvalue weighted by molar-refractivity contribution is -0.148. The fourth-order valence-electron chi connectivity index (χ4n) is 4.35. The molecule has 0 amide bonds. The molecule has 1 atom stereocenters. The third-order valence-electron chi connectivity index (χ3n) is 6.10. The number of benzene rings is 5. The van der Waals surface area contributed by atoms with Crippen LogP contribution >= 0.6 is 0 Å². The lowest BCUT2D eigenvalue weighted by Crippen LogP contribution is -2.18. The van der Waals surface area contributed by atoms with E-state index >= 15 is 0 Å². The van der Waals surface area contributed by atoms with Gasteiger partial charge in [0.05, 0.1) is 5.92 Å². The minimum Gasteiger partial charge on any atom is -0.452 e. The van der Waals surface area contributed by atoms with Gasteiger partial charge in [0.25, 0.3) is 0 Å². The molecule has 0 N–H and O–H groups in total. The molecule has 0 heterocycles. The van der Waals surface area contributed by atoms with E-state index in [2.05, 4.69) is 48.5 Å². The fourth-order valence-corrected chi connectivity index (χ4v) is 4.35. The predicted octanol–water partition coefficient (Wildman–Crippen LogP) is 7.43. The SMILES string of the molecule is C[C@@H](C(=O)OC(c1cccc2ccccc12)c1cccc2ccccc12)c1ccccc1. The molecule has 0 aliphatic rings. The molecule has 0 saturated heterocycles. The average Bonchev–Trinajstić information content (AvgIpc) is 2.86. The Kier molecular flexibility index (Phi) is 5.43. The summed E-state index contributed by atoms with van der Waals surface area (Å²) in [4.78, 5) is 13.4. The molecule has 0 spiro atoms. The highest BCUT2D eigenvalue weighted by molar-refractivity contribution is 5.90. The monoisotopic (exact) mass is 416 g/mol. The molecule has 0 radical (unpaired) electrons. The van der Waals surface area contributed by atoms with E-state index in [1.165, 1.54) is 0 Å². The molecule has 2 heteroatoms. The number of rotatable bonds is 5. The van der Waals surface area contributed by atoms with Crippen LogP contribution in [0, 0.1) is 0 Å². The molecule has 5 aromatic rings. The molecule has 32 heavy (non-hydrogen) atoms. The highest BCUT2D eigenvalue weighted by atomic mass is 16.5. The Bertz CT molecular complexity index is 1300. The maximum Gasteiger partial charge on any atom is 0.314 e. The lowest BCUT2D eigenvalue weighted by atomic mass is 9.92. The summed E-state index contributed by atoms with van der Waals surface area (Å²) in [6, 6.07) is 38.7. The van der Waals surface area contributed by atoms with Gasteiger partial charge in [-0.05, 0) is 34.0 Å². The predicted molar refractivity (Wildman–Crippen MR) is 131 cm³/mol. The van der Waals surface area contributed by atoms with E-state index in [1.807, 2.05) is 73.7 Å². The van der Waals surface area contributed by atoms with Crippen molar-refractivity contribution < 1.29 is 9.53 Å². The number of hydrogen-bond donors (Lipinski definition) is 0. The van der Waals surface area contributed by atoms with Crippen molar-refractivity contribution in [2.45, 2.75) is 18.9 Å². The second-order valence-electron chi connectivity index (χ2n) is 8.09. The molecule has 2 nitrogen and oxygen atoms in total. The number of carbonyl (C=O) groups excluding carboxylic acids is 1. The van der Waals surface area contributed by atoms with E-state index in [-0.39, 0.29) is 11.9 Å². The van der Waals surface area contributed by atoms with Gasteiger partial charge in [-0.3, -0.25) is 4.79 Å². The molecule has 0 unspecified atom stereocenters. The molecule has 0 aliphatic heterocycles. The standard InChI is InChI=1S/C30H24O2/c1-21(22-11-3-2-4-12-22)30(31)32-29(27-19-9-15-23-13-5-7-17-25(23)27)28-20-10-16-24-14-6-8-18-26(24)28/h2-21,29H,1H3/t21-/m1/s1. The zero-order valence-electron chi connectivity index (χ0n) is 17.9. The number of ether oxygens (including phenoxy) is 1. The molecule has 0 fully saturated rings. The number of esters is 1. The second-order valence-corrected chi connectivity index (χ2v) is 8.09. The van der Waals surface area contributed by atoms with Crippen LogP contribution in [0.15, 0.2) is 115 Å². The summed E-state index contributed by atoms with van der Waals surface area (Å²) < 4.78 is 6.32. The summed E-state index contributed by atoms with van der Waals surface area (Å²) >= 11 is 0. The summed E-state index contributed by atoms with van der Waals surface area (Å²) in [7, 11) is 0. The van der Waals surface area contributed by atoms with Crippen molar-refractivity contribution in [2.24, 2.45) is 0 Å². The first-order valence-electron chi connectivity index (χ1n) is 10.9. The van der Waals surface area contributed by atoms with Crippen LogP contribution in [0.3, 0.4) is 0 Å². The van der Waals surface area contributed by atoms with E-state index in [0.717, 1.165) is 38.2 Å². The summed E-state index contributed by atoms with van der Waals surface area (Å²) in [5.41, 5.74) is 2.94. The largest absolute Gasteiger partial charge is 0.452 e. The second kappa shape index (κ2) is 8.68. The highest BCUT2D eigenvalue weighted by Gasteiger charge is 2.26. The lowest BCUT2D eigenvalue weighted by Gasteiger charge is -2.24. The van der Waals surface area contributed by atoms with Gasteiger partial charge in [0.1, 0.15) is 0 Å². The number of hydrogen-bond acceptors (Lipinski definition) is 2. The van der Waals surface area contributed by atoms with Gasteiger partial charge in [-0.25, -0.2) is 0 Å². The molecule has 5 aromatic carbocycles. The van der Waals surface area contributed by atoms with Crippen molar-refractivity contribution in [3.05, 3.63) is 132 Å². The minimum absolute atomic E-state index is 0.234. The maximum absolute atomic E-state index is 13.4. The molecule has 156 valence electrons. The molecule has 0 bridgehead atoms. The van der Waals surface area contributed by atoms with Gasteiger partial charge in [-0.2, -0.15) is 0 Å². The van der Waals surface area contributed by atoms with Gasteiger partial charge in [-0.1, -0.05) is 115 Å². The molecule has 0 aliphatic carbocycles. The minimum atomic E-state index is -0.508. The zero-order chi connectivity index (χ0) is 21.9. The van der Waals surface area contributed by atoms with Crippen LogP contribution in [0.25, 0.3) is 21.5 Å². The van der Waals surface area contributed by atoms with Crippen LogP contribution < -0.4 is 0 Å². The highest BCUT2D eigenvalue weighted by Crippen LogP contribution is 2.36. The summed E-state index contributed by atoms with van der Waals surface area (Å²) in [5.74, 6) is -0.592. The Balaban J connectivity index is 1.65. The van der Waals surface area contributed by atoms with Crippen LogP contribution in [-0.4, -0.2) is 5.97 Å². The summed E-state index contributed by atoms with van der Waals surface area (Å²) in [6.45, 7) is 1.90. The van der Waals surface area contributed by atoms with E-state index in [0.29, 0.717) is 0 Å². The summed E-state index contributed by atoms with van der Waals surface area (Å²) in [5, 5.41) is 4.44. The van der Waals surface area contributed by atoms with Gasteiger partial charge >= 0.3 is 5.97 Å². The Morgan fingerprint density at radius 2 is 1.06 bits per heavy atom. The molecule has 5 rings (SSSR count). The smallest absolute Gasteiger partial charge is 0.314 e. The Morgan fingerprint density at radius 3 is 1.62 bits per heavy atom. The van der Waals surface area contributed by atoms with E-state index < -0.39 is 6.10 Å². The van der Waals surface area contributed by atoms with Crippen molar-refractivity contribution >= 4 is 27.5 Å². The quantitative estimate of drug-likeness (QED) is 0.279.